The summed E-state index contributed by atoms with van der Waals surface area (Å²) in [7, 11) is 1.55. The molecule has 0 saturated carbocycles. The molecule has 1 N–H and O–H groups in total. The van der Waals surface area contributed by atoms with Crippen molar-refractivity contribution < 1.29 is 14.3 Å². The first-order valence-corrected chi connectivity index (χ1v) is 5.47. The summed E-state index contributed by atoms with van der Waals surface area (Å²) in [6.45, 7) is 2.90. The van der Waals surface area contributed by atoms with Crippen LogP contribution in [0.1, 0.15) is 0 Å². The third kappa shape index (κ3) is 3.07. The van der Waals surface area contributed by atoms with Gasteiger partial charge in [-0.3, -0.25) is 0 Å². The number of methoxy groups -OCH3 is 1. The maximum absolute atomic E-state index is 11.8. The lowest BCUT2D eigenvalue weighted by Gasteiger charge is -2.26. The van der Waals surface area contributed by atoms with Gasteiger partial charge in [0, 0.05) is 38.4 Å². The molecule has 0 unspecified atom stereocenters. The van der Waals surface area contributed by atoms with Crippen LogP contribution in [0.3, 0.4) is 0 Å². The van der Waals surface area contributed by atoms with E-state index in [2.05, 4.69) is 10.3 Å². The van der Waals surface area contributed by atoms with Crippen LogP contribution in [0.25, 0.3) is 0 Å². The van der Waals surface area contributed by atoms with E-state index in [1.54, 1.807) is 30.3 Å². The van der Waals surface area contributed by atoms with Gasteiger partial charge in [0.25, 0.3) is 0 Å². The molecule has 2 heterocycles. The highest BCUT2D eigenvalue weighted by Crippen LogP contribution is 2.16. The summed E-state index contributed by atoms with van der Waals surface area (Å²) in [5, 5.41) is 3.17. The van der Waals surface area contributed by atoms with Crippen molar-refractivity contribution in [3.05, 3.63) is 18.3 Å². The Bertz CT molecular complexity index is 391. The van der Waals surface area contributed by atoms with Gasteiger partial charge in [-0.15, -0.1) is 0 Å². The molecule has 0 aliphatic carbocycles. The second kappa shape index (κ2) is 5.49. The Morgan fingerprint density at radius 1 is 1.47 bits per heavy atom. The van der Waals surface area contributed by atoms with Crippen molar-refractivity contribution in [2.75, 3.05) is 33.3 Å². The normalized spacial score (nSPS) is 15.5. The van der Waals surface area contributed by atoms with Crippen molar-refractivity contribution in [2.45, 2.75) is 0 Å². The summed E-state index contributed by atoms with van der Waals surface area (Å²) in [5.41, 5.74) is 0. The molecular formula is C11H15N3O3. The van der Waals surface area contributed by atoms with Crippen LogP contribution < -0.4 is 14.8 Å². The Hall–Kier alpha value is -1.82. The minimum Gasteiger partial charge on any atom is -0.497 e. The maximum Gasteiger partial charge on any atom is 0.416 e. The number of hydrogen-bond acceptors (Lipinski definition) is 5. The van der Waals surface area contributed by atoms with Gasteiger partial charge in [0.15, 0.2) is 0 Å². The van der Waals surface area contributed by atoms with Crippen molar-refractivity contribution in [2.24, 2.45) is 0 Å². The van der Waals surface area contributed by atoms with E-state index in [4.69, 9.17) is 9.47 Å². The van der Waals surface area contributed by atoms with E-state index in [1.165, 1.54) is 0 Å². The van der Waals surface area contributed by atoms with E-state index in [-0.39, 0.29) is 12.0 Å². The first-order valence-electron chi connectivity index (χ1n) is 5.47. The van der Waals surface area contributed by atoms with Crippen LogP contribution in [0, 0.1) is 0 Å². The standard InChI is InChI=1S/C11H15N3O3/c1-16-9-2-3-13-10(8-9)17-11(15)14-6-4-12-5-7-14/h2-3,8,12H,4-7H2,1H3. The zero-order chi connectivity index (χ0) is 12.1. The highest BCUT2D eigenvalue weighted by molar-refractivity contribution is 5.70. The number of nitrogens with one attached hydrogen (secondary N) is 1. The van der Waals surface area contributed by atoms with Crippen molar-refractivity contribution in [1.82, 2.24) is 15.2 Å². The predicted octanol–water partition coefficient (Wildman–Crippen LogP) is 0.494. The molecule has 6 nitrogen and oxygen atoms in total. The van der Waals surface area contributed by atoms with Crippen molar-refractivity contribution in [3.8, 4) is 11.6 Å². The number of rotatable bonds is 2. The predicted molar refractivity (Wildman–Crippen MR) is 61.3 cm³/mol. The Kier molecular flexibility index (Phi) is 3.77. The van der Waals surface area contributed by atoms with Crippen LogP contribution in [-0.4, -0.2) is 49.3 Å². The molecule has 1 aliphatic heterocycles. The minimum absolute atomic E-state index is 0.257. The lowest BCUT2D eigenvalue weighted by molar-refractivity contribution is 0.144. The Labute approximate surface area is 99.5 Å². The quantitative estimate of drug-likeness (QED) is 0.811. The summed E-state index contributed by atoms with van der Waals surface area (Å²) < 4.78 is 10.2. The first kappa shape index (κ1) is 11.7. The molecule has 2 rings (SSSR count). The fourth-order valence-corrected chi connectivity index (χ4v) is 1.58. The maximum atomic E-state index is 11.8. The molecule has 0 radical (unpaired) electrons. The summed E-state index contributed by atoms with van der Waals surface area (Å²) in [5.74, 6) is 0.871. The second-order valence-corrected chi connectivity index (χ2v) is 3.64. The molecule has 6 heteroatoms. The van der Waals surface area contributed by atoms with E-state index >= 15 is 0 Å². The van der Waals surface area contributed by atoms with Crippen LogP contribution in [0.4, 0.5) is 4.79 Å². The van der Waals surface area contributed by atoms with E-state index < -0.39 is 0 Å². The molecule has 1 amide bonds. The first-order chi connectivity index (χ1) is 8.29. The van der Waals surface area contributed by atoms with Crippen molar-refractivity contribution >= 4 is 6.09 Å². The van der Waals surface area contributed by atoms with Gasteiger partial charge >= 0.3 is 6.09 Å². The molecule has 1 fully saturated rings. The number of amides is 1. The Morgan fingerprint density at radius 3 is 2.94 bits per heavy atom. The topological polar surface area (TPSA) is 63.7 Å². The Morgan fingerprint density at radius 2 is 2.24 bits per heavy atom. The fraction of sp³-hybridized carbons (Fsp3) is 0.455. The molecule has 1 aliphatic rings. The summed E-state index contributed by atoms with van der Waals surface area (Å²) in [6.07, 6.45) is 1.17. The molecule has 0 spiro atoms. The monoisotopic (exact) mass is 237 g/mol. The molecule has 1 aromatic rings. The zero-order valence-electron chi connectivity index (χ0n) is 9.68. The van der Waals surface area contributed by atoms with Crippen LogP contribution in [-0.2, 0) is 0 Å². The largest absolute Gasteiger partial charge is 0.497 e. The smallest absolute Gasteiger partial charge is 0.416 e. The minimum atomic E-state index is -0.368. The summed E-state index contributed by atoms with van der Waals surface area (Å²) >= 11 is 0. The third-order valence-electron chi connectivity index (χ3n) is 2.51. The molecule has 17 heavy (non-hydrogen) atoms. The average molecular weight is 237 g/mol. The van der Waals surface area contributed by atoms with E-state index in [9.17, 15) is 4.79 Å². The third-order valence-corrected chi connectivity index (χ3v) is 2.51. The number of carbonyl (C=O) groups excluding carboxylic acids is 1. The number of carbonyl (C=O) groups is 1. The number of piperazine rings is 1. The van der Waals surface area contributed by atoms with Crippen LogP contribution in [0.15, 0.2) is 18.3 Å². The Balaban J connectivity index is 1.96. The summed E-state index contributed by atoms with van der Waals surface area (Å²) in [4.78, 5) is 17.4. The SMILES string of the molecule is COc1ccnc(OC(=O)N2CCNCC2)c1. The van der Waals surface area contributed by atoms with Crippen LogP contribution >= 0.6 is 0 Å². The van der Waals surface area contributed by atoms with Crippen LogP contribution in [0.2, 0.25) is 0 Å². The molecule has 92 valence electrons. The summed E-state index contributed by atoms with van der Waals surface area (Å²) in [6, 6.07) is 3.28. The number of nitrogens with zero attached hydrogens (tertiary/aromatic N) is 2. The lowest BCUT2D eigenvalue weighted by Crippen LogP contribution is -2.47. The molecule has 1 saturated heterocycles. The zero-order valence-corrected chi connectivity index (χ0v) is 9.68. The van der Waals surface area contributed by atoms with Gasteiger partial charge in [0.05, 0.1) is 7.11 Å². The highest BCUT2D eigenvalue weighted by atomic mass is 16.6. The lowest BCUT2D eigenvalue weighted by atomic mass is 10.4. The van der Waals surface area contributed by atoms with Crippen LogP contribution in [0.5, 0.6) is 11.6 Å². The van der Waals surface area contributed by atoms with Gasteiger partial charge in [0.2, 0.25) is 5.88 Å². The highest BCUT2D eigenvalue weighted by Gasteiger charge is 2.18. The van der Waals surface area contributed by atoms with E-state index in [1.807, 2.05) is 0 Å². The van der Waals surface area contributed by atoms with E-state index in [0.717, 1.165) is 13.1 Å². The van der Waals surface area contributed by atoms with Gasteiger partial charge in [-0.25, -0.2) is 9.78 Å². The average Bonchev–Trinajstić information content (AvgIpc) is 2.40. The van der Waals surface area contributed by atoms with Crippen molar-refractivity contribution in [1.29, 1.82) is 0 Å². The van der Waals surface area contributed by atoms with E-state index in [0.29, 0.717) is 18.8 Å². The van der Waals surface area contributed by atoms with Gasteiger partial charge in [-0.2, -0.15) is 0 Å². The fourth-order valence-electron chi connectivity index (χ4n) is 1.58. The molecule has 0 atom stereocenters. The van der Waals surface area contributed by atoms with Gasteiger partial charge < -0.3 is 19.7 Å². The molecule has 0 bridgehead atoms. The molecule has 0 aromatic carbocycles. The second-order valence-electron chi connectivity index (χ2n) is 3.64. The number of hydrogen-bond donors (Lipinski definition) is 1. The van der Waals surface area contributed by atoms with Gasteiger partial charge in [0.1, 0.15) is 5.75 Å². The molecular weight excluding hydrogens is 222 g/mol. The van der Waals surface area contributed by atoms with Gasteiger partial charge in [-0.05, 0) is 6.07 Å². The number of aromatic nitrogens is 1. The number of pyridine rings is 1. The molecule has 1 aromatic heterocycles. The van der Waals surface area contributed by atoms with Gasteiger partial charge in [-0.1, -0.05) is 0 Å². The van der Waals surface area contributed by atoms with Crippen molar-refractivity contribution in [3.63, 3.8) is 0 Å². The number of ether oxygens (including phenoxy) is 2.